The van der Waals surface area contributed by atoms with Crippen LogP contribution in [-0.4, -0.2) is 10.9 Å². The fraction of sp³-hybridized carbons (Fsp3) is 0.0667. The second-order valence-corrected chi connectivity index (χ2v) is 5.47. The van der Waals surface area contributed by atoms with Gasteiger partial charge in [0.05, 0.1) is 4.88 Å². The molecule has 5 heteroatoms. The lowest BCUT2D eigenvalue weighted by molar-refractivity contribution is 0.103. The van der Waals surface area contributed by atoms with Crippen LogP contribution in [0.2, 0.25) is 0 Å². The van der Waals surface area contributed by atoms with Crippen LogP contribution in [0.15, 0.2) is 42.6 Å². The maximum absolute atomic E-state index is 13.6. The number of thiophene rings is 1. The molecule has 0 unspecified atom stereocenters. The number of nitrogens with zero attached hydrogens (tertiary/aromatic N) is 1. The number of pyridine rings is 1. The molecule has 2 heterocycles. The Bertz CT molecular complexity index is 797. The van der Waals surface area contributed by atoms with Crippen LogP contribution in [0.4, 0.5) is 10.2 Å². The Kier molecular flexibility index (Phi) is 3.20. The Labute approximate surface area is 119 Å². The topological polar surface area (TPSA) is 42.0 Å². The molecule has 0 bridgehead atoms. The number of halogens is 1. The van der Waals surface area contributed by atoms with Gasteiger partial charge in [0.1, 0.15) is 11.6 Å². The van der Waals surface area contributed by atoms with Gasteiger partial charge in [-0.3, -0.25) is 4.79 Å². The lowest BCUT2D eigenvalue weighted by Gasteiger charge is -2.04. The average Bonchev–Trinajstić information content (AvgIpc) is 2.87. The van der Waals surface area contributed by atoms with E-state index in [1.807, 2.05) is 13.0 Å². The van der Waals surface area contributed by atoms with Crippen LogP contribution >= 0.6 is 11.3 Å². The minimum absolute atomic E-state index is 0.271. The molecule has 0 aliphatic rings. The molecule has 3 nitrogen and oxygen atoms in total. The summed E-state index contributed by atoms with van der Waals surface area (Å²) in [6.07, 6.45) is 1.62. The van der Waals surface area contributed by atoms with Crippen LogP contribution in [0.5, 0.6) is 0 Å². The molecule has 20 heavy (non-hydrogen) atoms. The van der Waals surface area contributed by atoms with Gasteiger partial charge in [-0.15, -0.1) is 11.3 Å². The van der Waals surface area contributed by atoms with E-state index in [4.69, 9.17) is 0 Å². The summed E-state index contributed by atoms with van der Waals surface area (Å²) in [6, 6.07) is 10.1. The molecule has 3 rings (SSSR count). The van der Waals surface area contributed by atoms with E-state index in [1.165, 1.54) is 17.4 Å². The number of benzene rings is 1. The van der Waals surface area contributed by atoms with Crippen LogP contribution in [-0.2, 0) is 0 Å². The van der Waals surface area contributed by atoms with E-state index in [0.29, 0.717) is 16.1 Å². The van der Waals surface area contributed by atoms with E-state index >= 15 is 0 Å². The van der Waals surface area contributed by atoms with Crippen molar-refractivity contribution in [2.24, 2.45) is 0 Å². The first-order valence-corrected chi connectivity index (χ1v) is 6.88. The van der Waals surface area contributed by atoms with Gasteiger partial charge >= 0.3 is 0 Å². The third-order valence-electron chi connectivity index (χ3n) is 2.97. The molecule has 1 amide bonds. The number of hydrogen-bond donors (Lipinski definition) is 1. The lowest BCUT2D eigenvalue weighted by Crippen LogP contribution is -2.12. The molecule has 0 saturated heterocycles. The Balaban J connectivity index is 1.93. The summed E-state index contributed by atoms with van der Waals surface area (Å²) in [6.45, 7) is 1.87. The van der Waals surface area contributed by atoms with Gasteiger partial charge in [-0.1, -0.05) is 12.1 Å². The van der Waals surface area contributed by atoms with E-state index in [2.05, 4.69) is 10.3 Å². The third-order valence-corrected chi connectivity index (χ3v) is 4.07. The zero-order valence-electron chi connectivity index (χ0n) is 10.7. The molecule has 0 atom stereocenters. The smallest absolute Gasteiger partial charge is 0.266 e. The number of nitrogens with one attached hydrogen (secondary N) is 1. The number of fused-ring (bicyclic) bond motifs is 1. The number of rotatable bonds is 2. The molecule has 0 aliphatic carbocycles. The molecule has 1 aromatic carbocycles. The maximum Gasteiger partial charge on any atom is 0.266 e. The minimum Gasteiger partial charge on any atom is -0.306 e. The van der Waals surface area contributed by atoms with Crippen LogP contribution in [0.25, 0.3) is 10.1 Å². The highest BCUT2D eigenvalue weighted by atomic mass is 32.1. The fourth-order valence-electron chi connectivity index (χ4n) is 1.92. The normalized spacial score (nSPS) is 10.7. The van der Waals surface area contributed by atoms with Gasteiger partial charge in [0, 0.05) is 16.3 Å². The molecule has 1 N–H and O–H groups in total. The fourth-order valence-corrected chi connectivity index (χ4v) is 2.89. The Morgan fingerprint density at radius 3 is 2.90 bits per heavy atom. The summed E-state index contributed by atoms with van der Waals surface area (Å²) in [5, 5.41) is 3.22. The highest BCUT2D eigenvalue weighted by Gasteiger charge is 2.13. The molecular formula is C15H11FN2OS. The van der Waals surface area contributed by atoms with Crippen LogP contribution < -0.4 is 5.32 Å². The predicted octanol–water partition coefficient (Wildman–Crippen LogP) is 4.00. The molecule has 0 radical (unpaired) electrons. The lowest BCUT2D eigenvalue weighted by atomic mass is 10.2. The van der Waals surface area contributed by atoms with E-state index in [9.17, 15) is 9.18 Å². The zero-order valence-corrected chi connectivity index (χ0v) is 11.5. The van der Waals surface area contributed by atoms with Crippen LogP contribution in [0.1, 0.15) is 15.2 Å². The maximum atomic E-state index is 13.6. The molecule has 0 fully saturated rings. The van der Waals surface area contributed by atoms with Gasteiger partial charge in [-0.2, -0.15) is 0 Å². The largest absolute Gasteiger partial charge is 0.306 e. The molecule has 2 aromatic heterocycles. The molecule has 100 valence electrons. The second kappa shape index (κ2) is 5.02. The summed E-state index contributed by atoms with van der Waals surface area (Å²) < 4.78 is 14.4. The van der Waals surface area contributed by atoms with Crippen molar-refractivity contribution in [2.45, 2.75) is 6.92 Å². The first-order chi connectivity index (χ1) is 9.65. The molecule has 3 aromatic rings. The van der Waals surface area contributed by atoms with Gasteiger partial charge in [-0.25, -0.2) is 9.37 Å². The number of amides is 1. The number of aryl methyl sites for hydroxylation is 1. The van der Waals surface area contributed by atoms with Crippen molar-refractivity contribution in [2.75, 3.05) is 5.32 Å². The van der Waals surface area contributed by atoms with E-state index in [-0.39, 0.29) is 11.7 Å². The van der Waals surface area contributed by atoms with E-state index in [0.717, 1.165) is 10.3 Å². The monoisotopic (exact) mass is 286 g/mol. The van der Waals surface area contributed by atoms with Gasteiger partial charge in [0.15, 0.2) is 0 Å². The van der Waals surface area contributed by atoms with Crippen molar-refractivity contribution >= 4 is 33.1 Å². The van der Waals surface area contributed by atoms with Crippen LogP contribution in [0, 0.1) is 12.7 Å². The Morgan fingerprint density at radius 1 is 1.30 bits per heavy atom. The molecular weight excluding hydrogens is 275 g/mol. The standard InChI is InChI=1S/C15H11FN2OS/c1-9-4-3-7-17-14(9)18-15(19)13-8-10-11(16)5-2-6-12(10)20-13/h2-8H,1H3,(H,17,18,19). The first kappa shape index (κ1) is 12.7. The number of anilines is 1. The summed E-state index contributed by atoms with van der Waals surface area (Å²) in [4.78, 5) is 16.8. The summed E-state index contributed by atoms with van der Waals surface area (Å²) >= 11 is 1.26. The summed E-state index contributed by atoms with van der Waals surface area (Å²) in [5.41, 5.74) is 0.883. The number of aromatic nitrogens is 1. The molecule has 0 saturated carbocycles. The van der Waals surface area contributed by atoms with E-state index < -0.39 is 0 Å². The average molecular weight is 286 g/mol. The van der Waals surface area contributed by atoms with Crippen molar-refractivity contribution in [3.63, 3.8) is 0 Å². The van der Waals surface area contributed by atoms with Gasteiger partial charge in [-0.05, 0) is 36.8 Å². The van der Waals surface area contributed by atoms with E-state index in [1.54, 1.807) is 30.5 Å². The van der Waals surface area contributed by atoms with Crippen molar-refractivity contribution < 1.29 is 9.18 Å². The first-order valence-electron chi connectivity index (χ1n) is 6.06. The third kappa shape index (κ3) is 2.28. The zero-order chi connectivity index (χ0) is 14.1. The van der Waals surface area contributed by atoms with Crippen molar-refractivity contribution in [3.05, 3.63) is 58.9 Å². The van der Waals surface area contributed by atoms with Crippen LogP contribution in [0.3, 0.4) is 0 Å². The molecule has 0 spiro atoms. The Morgan fingerprint density at radius 2 is 2.15 bits per heavy atom. The number of carbonyl (C=O) groups excluding carboxylic acids is 1. The van der Waals surface area contributed by atoms with Crippen molar-refractivity contribution in [1.82, 2.24) is 4.98 Å². The molecule has 0 aliphatic heterocycles. The quantitative estimate of drug-likeness (QED) is 0.773. The van der Waals surface area contributed by atoms with Crippen molar-refractivity contribution in [3.8, 4) is 0 Å². The van der Waals surface area contributed by atoms with Gasteiger partial charge < -0.3 is 5.32 Å². The SMILES string of the molecule is Cc1cccnc1NC(=O)c1cc2c(F)cccc2s1. The van der Waals surface area contributed by atoms with Gasteiger partial charge in [0.25, 0.3) is 5.91 Å². The van der Waals surface area contributed by atoms with Crippen molar-refractivity contribution in [1.29, 1.82) is 0 Å². The predicted molar refractivity (Wildman–Crippen MR) is 78.7 cm³/mol. The second-order valence-electron chi connectivity index (χ2n) is 4.39. The summed E-state index contributed by atoms with van der Waals surface area (Å²) in [5.74, 6) is -0.0605. The summed E-state index contributed by atoms with van der Waals surface area (Å²) in [7, 11) is 0. The Hall–Kier alpha value is -2.27. The highest BCUT2D eigenvalue weighted by molar-refractivity contribution is 7.20. The number of carbonyl (C=O) groups is 1. The van der Waals surface area contributed by atoms with Gasteiger partial charge in [0.2, 0.25) is 0 Å². The minimum atomic E-state index is -0.313. The number of hydrogen-bond acceptors (Lipinski definition) is 3. The highest BCUT2D eigenvalue weighted by Crippen LogP contribution is 2.28.